The Bertz CT molecular complexity index is 496. The van der Waals surface area contributed by atoms with Crippen LogP contribution >= 0.6 is 0 Å². The zero-order valence-corrected chi connectivity index (χ0v) is 11.7. The van der Waals surface area contributed by atoms with Gasteiger partial charge in [-0.15, -0.1) is 0 Å². The molecule has 1 aromatic heterocycles. The van der Waals surface area contributed by atoms with Gasteiger partial charge < -0.3 is 15.4 Å². The van der Waals surface area contributed by atoms with Gasteiger partial charge in [-0.1, -0.05) is 19.8 Å². The molecule has 0 aliphatic rings. The van der Waals surface area contributed by atoms with E-state index in [1.807, 2.05) is 6.92 Å². The number of amides is 1. The molecule has 5 heteroatoms. The predicted molar refractivity (Wildman–Crippen MR) is 74.3 cm³/mol. The van der Waals surface area contributed by atoms with Crippen molar-refractivity contribution >= 4 is 5.91 Å². The van der Waals surface area contributed by atoms with Crippen LogP contribution < -0.4 is 10.7 Å². The summed E-state index contributed by atoms with van der Waals surface area (Å²) in [5.41, 5.74) is -0.228. The van der Waals surface area contributed by atoms with Crippen molar-refractivity contribution in [2.75, 3.05) is 6.61 Å². The Kier molecular flexibility index (Phi) is 5.30. The predicted octanol–water partition coefficient (Wildman–Crippen LogP) is 1.35. The van der Waals surface area contributed by atoms with Crippen LogP contribution in [0.4, 0.5) is 0 Å². The normalized spacial score (nSPS) is 13.9. The second-order valence-electron chi connectivity index (χ2n) is 5.17. The molecular weight excluding hydrogens is 244 g/mol. The minimum atomic E-state index is -0.690. The Labute approximate surface area is 113 Å². The Morgan fingerprint density at radius 3 is 2.74 bits per heavy atom. The molecule has 1 rings (SSSR count). The van der Waals surface area contributed by atoms with E-state index >= 15 is 0 Å². The van der Waals surface area contributed by atoms with E-state index < -0.39 is 11.4 Å². The number of rotatable bonds is 6. The first-order valence-electron chi connectivity index (χ1n) is 6.54. The molecule has 0 bridgehead atoms. The van der Waals surface area contributed by atoms with Gasteiger partial charge in [0, 0.05) is 18.0 Å². The minimum Gasteiger partial charge on any atom is -0.394 e. The van der Waals surface area contributed by atoms with Crippen molar-refractivity contribution < 1.29 is 9.90 Å². The second-order valence-corrected chi connectivity index (χ2v) is 5.17. The summed E-state index contributed by atoms with van der Waals surface area (Å²) in [7, 11) is 0. The molecule has 1 aromatic rings. The molecule has 1 atom stereocenters. The molecule has 19 heavy (non-hydrogen) atoms. The molecule has 5 nitrogen and oxygen atoms in total. The molecular formula is C14H22N2O3. The maximum absolute atomic E-state index is 12.1. The molecule has 0 radical (unpaired) electrons. The Morgan fingerprint density at radius 1 is 1.53 bits per heavy atom. The molecule has 1 unspecified atom stereocenters. The van der Waals surface area contributed by atoms with E-state index in [1.165, 1.54) is 12.3 Å². The number of aryl methyl sites for hydroxylation is 1. The number of pyridine rings is 1. The van der Waals surface area contributed by atoms with Gasteiger partial charge in [-0.2, -0.15) is 0 Å². The molecule has 1 heterocycles. The molecule has 0 aliphatic carbocycles. The van der Waals surface area contributed by atoms with Gasteiger partial charge in [-0.05, 0) is 20.3 Å². The lowest BCUT2D eigenvalue weighted by Crippen LogP contribution is -2.49. The van der Waals surface area contributed by atoms with Crippen LogP contribution in [-0.4, -0.2) is 28.1 Å². The number of H-pyrrole nitrogens is 1. The number of hydrogen-bond donors (Lipinski definition) is 3. The number of unbranched alkanes of at least 4 members (excludes halogenated alkanes) is 1. The van der Waals surface area contributed by atoms with Crippen molar-refractivity contribution in [2.45, 2.75) is 45.6 Å². The average molecular weight is 266 g/mol. The molecule has 0 aliphatic heterocycles. The Hall–Kier alpha value is -1.62. The molecule has 0 spiro atoms. The Balaban J connectivity index is 2.85. The van der Waals surface area contributed by atoms with Crippen LogP contribution in [0.25, 0.3) is 0 Å². The third-order valence-electron chi connectivity index (χ3n) is 3.15. The summed E-state index contributed by atoms with van der Waals surface area (Å²) in [6.07, 6.45) is 3.97. The van der Waals surface area contributed by atoms with Crippen molar-refractivity contribution in [2.24, 2.45) is 0 Å². The first-order chi connectivity index (χ1) is 8.91. The first-order valence-corrected chi connectivity index (χ1v) is 6.54. The minimum absolute atomic E-state index is 0.0711. The molecule has 0 saturated heterocycles. The molecule has 0 fully saturated rings. The van der Waals surface area contributed by atoms with Crippen LogP contribution in [0.15, 0.2) is 17.1 Å². The highest BCUT2D eigenvalue weighted by Crippen LogP contribution is 2.13. The number of aliphatic hydroxyl groups excluding tert-OH is 1. The summed E-state index contributed by atoms with van der Waals surface area (Å²) >= 11 is 0. The van der Waals surface area contributed by atoms with Crippen molar-refractivity contribution in [1.29, 1.82) is 0 Å². The van der Waals surface area contributed by atoms with Crippen LogP contribution in [0.5, 0.6) is 0 Å². The van der Waals surface area contributed by atoms with Gasteiger partial charge in [-0.25, -0.2) is 0 Å². The first kappa shape index (κ1) is 15.4. The van der Waals surface area contributed by atoms with E-state index in [9.17, 15) is 14.7 Å². The largest absolute Gasteiger partial charge is 0.394 e. The maximum atomic E-state index is 12.1. The number of carbonyl (C=O) groups excluding carboxylic acids is 1. The van der Waals surface area contributed by atoms with E-state index in [0.717, 1.165) is 12.8 Å². The molecule has 1 amide bonds. The van der Waals surface area contributed by atoms with E-state index in [0.29, 0.717) is 12.1 Å². The van der Waals surface area contributed by atoms with Crippen molar-refractivity contribution in [3.05, 3.63) is 33.7 Å². The summed E-state index contributed by atoms with van der Waals surface area (Å²) in [6.45, 7) is 5.43. The summed E-state index contributed by atoms with van der Waals surface area (Å²) < 4.78 is 0. The van der Waals surface area contributed by atoms with Crippen molar-refractivity contribution in [3.8, 4) is 0 Å². The van der Waals surface area contributed by atoms with Crippen molar-refractivity contribution in [3.63, 3.8) is 0 Å². The van der Waals surface area contributed by atoms with E-state index in [-0.39, 0.29) is 17.6 Å². The fourth-order valence-corrected chi connectivity index (χ4v) is 1.84. The third-order valence-corrected chi connectivity index (χ3v) is 3.15. The quantitative estimate of drug-likeness (QED) is 0.727. The fourth-order valence-electron chi connectivity index (χ4n) is 1.84. The van der Waals surface area contributed by atoms with Gasteiger partial charge in [0.1, 0.15) is 5.56 Å². The van der Waals surface area contributed by atoms with Crippen molar-refractivity contribution in [1.82, 2.24) is 10.3 Å². The number of aromatic amines is 1. The zero-order chi connectivity index (χ0) is 14.5. The number of aliphatic hydroxyl groups is 1. The van der Waals surface area contributed by atoms with Crippen LogP contribution in [0, 0.1) is 6.92 Å². The van der Waals surface area contributed by atoms with E-state index in [2.05, 4.69) is 10.3 Å². The van der Waals surface area contributed by atoms with E-state index in [4.69, 9.17) is 0 Å². The maximum Gasteiger partial charge on any atom is 0.257 e. The van der Waals surface area contributed by atoms with Gasteiger partial charge in [-0.3, -0.25) is 9.59 Å². The number of hydrogen-bond acceptors (Lipinski definition) is 3. The Morgan fingerprint density at radius 2 is 2.21 bits per heavy atom. The smallest absolute Gasteiger partial charge is 0.257 e. The molecule has 0 aromatic carbocycles. The summed E-state index contributed by atoms with van der Waals surface area (Å²) in [5.74, 6) is -0.450. The van der Waals surface area contributed by atoms with E-state index in [1.54, 1.807) is 13.8 Å². The van der Waals surface area contributed by atoms with Crippen LogP contribution in [0.1, 0.15) is 49.2 Å². The molecule has 3 N–H and O–H groups in total. The highest BCUT2D eigenvalue weighted by Gasteiger charge is 2.26. The number of nitrogens with one attached hydrogen (secondary N) is 2. The highest BCUT2D eigenvalue weighted by atomic mass is 16.3. The number of carbonyl (C=O) groups is 1. The molecule has 106 valence electrons. The van der Waals surface area contributed by atoms with Crippen LogP contribution in [0.2, 0.25) is 0 Å². The fraction of sp³-hybridized carbons (Fsp3) is 0.571. The van der Waals surface area contributed by atoms with Gasteiger partial charge in [0.2, 0.25) is 0 Å². The highest BCUT2D eigenvalue weighted by molar-refractivity contribution is 5.94. The number of aromatic nitrogens is 1. The van der Waals surface area contributed by atoms with Crippen LogP contribution in [-0.2, 0) is 0 Å². The molecule has 0 saturated carbocycles. The summed E-state index contributed by atoms with van der Waals surface area (Å²) in [6, 6.07) is 1.39. The standard InChI is InChI=1S/C14H22N2O3/c1-4-5-6-14(3,9-17)16-13(19)11-8-15-10(2)7-12(11)18/h7-8,17H,4-6,9H2,1-3H3,(H,15,18)(H,16,19). The van der Waals surface area contributed by atoms with Gasteiger partial charge in [0.15, 0.2) is 5.43 Å². The topological polar surface area (TPSA) is 82.2 Å². The SMILES string of the molecule is CCCCC(C)(CO)NC(=O)c1c[nH]c(C)cc1=O. The lowest BCUT2D eigenvalue weighted by molar-refractivity contribution is 0.0837. The average Bonchev–Trinajstić information content (AvgIpc) is 2.36. The van der Waals surface area contributed by atoms with Gasteiger partial charge >= 0.3 is 0 Å². The lowest BCUT2D eigenvalue weighted by atomic mass is 9.95. The zero-order valence-electron chi connectivity index (χ0n) is 11.7. The monoisotopic (exact) mass is 266 g/mol. The summed E-state index contributed by atoms with van der Waals surface area (Å²) in [5, 5.41) is 12.2. The summed E-state index contributed by atoms with van der Waals surface area (Å²) in [4.78, 5) is 26.6. The third kappa shape index (κ3) is 4.21. The second kappa shape index (κ2) is 6.52. The van der Waals surface area contributed by atoms with Gasteiger partial charge in [0.25, 0.3) is 5.91 Å². The van der Waals surface area contributed by atoms with Gasteiger partial charge in [0.05, 0.1) is 12.1 Å². The lowest BCUT2D eigenvalue weighted by Gasteiger charge is -2.28. The van der Waals surface area contributed by atoms with Crippen LogP contribution in [0.3, 0.4) is 0 Å².